The molecular formula is C30H42F2N2O2. The summed E-state index contributed by atoms with van der Waals surface area (Å²) in [6, 6.07) is 13.6. The number of hydrogen-bond donors (Lipinski definition) is 1. The van der Waals surface area contributed by atoms with E-state index < -0.39 is 23.7 Å². The van der Waals surface area contributed by atoms with Crippen LogP contribution in [0.4, 0.5) is 8.78 Å². The minimum Gasteiger partial charge on any atom is -0.391 e. The standard InChI is InChI=1S/C30H42F2N2O2/c1-22(35)13-26(14-25-15-27(31)17-28(32)16-25)29(36)21-34(19-23-9-6-5-7-10-23)33-12-8-11-24(20-33)18-30(2,3)4/h5-7,9-10,15-17,24,26,29,36H,8,11-14,18-21H2,1-4H3. The molecule has 1 aliphatic heterocycles. The lowest BCUT2D eigenvalue weighted by molar-refractivity contribution is -0.120. The second-order valence-electron chi connectivity index (χ2n) is 11.7. The Labute approximate surface area is 215 Å². The van der Waals surface area contributed by atoms with Gasteiger partial charge in [0.05, 0.1) is 6.10 Å². The van der Waals surface area contributed by atoms with Crippen LogP contribution in [0.5, 0.6) is 0 Å². The van der Waals surface area contributed by atoms with Crippen LogP contribution in [0.2, 0.25) is 0 Å². The summed E-state index contributed by atoms with van der Waals surface area (Å²) in [7, 11) is 0. The highest BCUT2D eigenvalue weighted by atomic mass is 19.1. The van der Waals surface area contributed by atoms with Crippen molar-refractivity contribution >= 4 is 5.78 Å². The van der Waals surface area contributed by atoms with Gasteiger partial charge in [0, 0.05) is 38.7 Å². The molecule has 3 unspecified atom stereocenters. The third-order valence-corrected chi connectivity index (χ3v) is 6.92. The molecule has 198 valence electrons. The van der Waals surface area contributed by atoms with Gasteiger partial charge in [0.15, 0.2) is 0 Å². The molecule has 1 heterocycles. The average molecular weight is 501 g/mol. The first kappa shape index (κ1) is 28.4. The lowest BCUT2D eigenvalue weighted by Gasteiger charge is -2.43. The lowest BCUT2D eigenvalue weighted by atomic mass is 9.81. The van der Waals surface area contributed by atoms with Crippen molar-refractivity contribution in [1.29, 1.82) is 0 Å². The van der Waals surface area contributed by atoms with Gasteiger partial charge < -0.3 is 9.90 Å². The zero-order chi connectivity index (χ0) is 26.3. The van der Waals surface area contributed by atoms with Gasteiger partial charge in [0.1, 0.15) is 17.4 Å². The van der Waals surface area contributed by atoms with Gasteiger partial charge in [-0.15, -0.1) is 0 Å². The summed E-state index contributed by atoms with van der Waals surface area (Å²) < 4.78 is 27.6. The molecule has 1 aliphatic rings. The summed E-state index contributed by atoms with van der Waals surface area (Å²) in [6.07, 6.45) is 3.01. The van der Waals surface area contributed by atoms with E-state index in [-0.39, 0.29) is 24.0 Å². The van der Waals surface area contributed by atoms with E-state index in [0.717, 1.165) is 37.6 Å². The van der Waals surface area contributed by atoms with E-state index in [2.05, 4.69) is 42.9 Å². The van der Waals surface area contributed by atoms with Crippen LogP contribution in [0.15, 0.2) is 48.5 Å². The van der Waals surface area contributed by atoms with Crippen molar-refractivity contribution in [2.75, 3.05) is 19.6 Å². The monoisotopic (exact) mass is 500 g/mol. The Hall–Kier alpha value is -2.15. The fourth-order valence-corrected chi connectivity index (χ4v) is 5.52. The third kappa shape index (κ3) is 9.38. The maximum atomic E-state index is 13.8. The van der Waals surface area contributed by atoms with Gasteiger partial charge in [0.2, 0.25) is 0 Å². The topological polar surface area (TPSA) is 43.8 Å². The number of carbonyl (C=O) groups excluding carboxylic acids is 1. The van der Waals surface area contributed by atoms with Crippen LogP contribution >= 0.6 is 0 Å². The Morgan fingerprint density at radius 1 is 1.11 bits per heavy atom. The Kier molecular flexibility index (Phi) is 10.2. The van der Waals surface area contributed by atoms with Crippen molar-refractivity contribution in [1.82, 2.24) is 10.0 Å². The van der Waals surface area contributed by atoms with Gasteiger partial charge in [-0.05, 0) is 73.1 Å². The molecule has 0 amide bonds. The number of aliphatic hydroxyl groups excluding tert-OH is 1. The molecule has 6 heteroatoms. The summed E-state index contributed by atoms with van der Waals surface area (Å²) in [5.41, 5.74) is 1.86. The maximum absolute atomic E-state index is 13.8. The molecular weight excluding hydrogens is 458 g/mol. The van der Waals surface area contributed by atoms with Gasteiger partial charge >= 0.3 is 0 Å². The number of carbonyl (C=O) groups is 1. The fourth-order valence-electron chi connectivity index (χ4n) is 5.52. The van der Waals surface area contributed by atoms with Crippen molar-refractivity contribution in [2.45, 2.75) is 72.4 Å². The van der Waals surface area contributed by atoms with Crippen LogP contribution in [0.1, 0.15) is 64.5 Å². The Morgan fingerprint density at radius 2 is 1.78 bits per heavy atom. The molecule has 3 atom stereocenters. The highest BCUT2D eigenvalue weighted by molar-refractivity contribution is 5.75. The Balaban J connectivity index is 1.79. The summed E-state index contributed by atoms with van der Waals surface area (Å²) in [5, 5.41) is 16.0. The molecule has 0 saturated carbocycles. The molecule has 1 saturated heterocycles. The predicted molar refractivity (Wildman–Crippen MR) is 140 cm³/mol. The number of halogens is 2. The van der Waals surface area contributed by atoms with Crippen molar-refractivity contribution in [2.24, 2.45) is 17.3 Å². The summed E-state index contributed by atoms with van der Waals surface area (Å²) in [6.45, 7) is 11.2. The zero-order valence-electron chi connectivity index (χ0n) is 22.2. The molecule has 2 aromatic rings. The lowest BCUT2D eigenvalue weighted by Crippen LogP contribution is -2.51. The number of benzene rings is 2. The molecule has 1 N–H and O–H groups in total. The zero-order valence-corrected chi connectivity index (χ0v) is 22.2. The van der Waals surface area contributed by atoms with Crippen molar-refractivity contribution in [3.8, 4) is 0 Å². The van der Waals surface area contributed by atoms with Gasteiger partial charge in [0.25, 0.3) is 0 Å². The largest absolute Gasteiger partial charge is 0.391 e. The molecule has 0 bridgehead atoms. The molecule has 0 radical (unpaired) electrons. The first-order chi connectivity index (χ1) is 17.0. The molecule has 0 aliphatic carbocycles. The minimum atomic E-state index is -0.827. The molecule has 2 aromatic carbocycles. The van der Waals surface area contributed by atoms with E-state index in [1.807, 2.05) is 18.2 Å². The highest BCUT2D eigenvalue weighted by Crippen LogP contribution is 2.31. The van der Waals surface area contributed by atoms with Crippen LogP contribution in [-0.4, -0.2) is 46.6 Å². The van der Waals surface area contributed by atoms with Crippen LogP contribution in [0.25, 0.3) is 0 Å². The molecule has 36 heavy (non-hydrogen) atoms. The Morgan fingerprint density at radius 3 is 2.39 bits per heavy atom. The van der Waals surface area contributed by atoms with E-state index in [1.54, 1.807) is 0 Å². The molecule has 1 fully saturated rings. The van der Waals surface area contributed by atoms with E-state index in [0.29, 0.717) is 24.6 Å². The smallest absolute Gasteiger partial charge is 0.130 e. The first-order valence-electron chi connectivity index (χ1n) is 13.1. The Bertz CT molecular complexity index is 956. The van der Waals surface area contributed by atoms with Crippen molar-refractivity contribution in [3.05, 3.63) is 71.3 Å². The number of Topliss-reactive ketones (excluding diaryl/α,β-unsaturated/α-hetero) is 1. The summed E-state index contributed by atoms with van der Waals surface area (Å²) >= 11 is 0. The molecule has 3 rings (SSSR count). The van der Waals surface area contributed by atoms with Crippen LogP contribution in [0.3, 0.4) is 0 Å². The molecule has 0 aromatic heterocycles. The SMILES string of the molecule is CC(=O)CC(Cc1cc(F)cc(F)c1)C(O)CN(Cc1ccccc1)N1CCCC(CC(C)(C)C)C1. The average Bonchev–Trinajstić information content (AvgIpc) is 2.77. The fraction of sp³-hybridized carbons (Fsp3) is 0.567. The number of hydrogen-bond acceptors (Lipinski definition) is 4. The molecule has 4 nitrogen and oxygen atoms in total. The number of ketones is 1. The number of nitrogens with zero attached hydrogens (tertiary/aromatic N) is 2. The van der Waals surface area contributed by atoms with Crippen LogP contribution in [-0.2, 0) is 17.8 Å². The summed E-state index contributed by atoms with van der Waals surface area (Å²) in [5.74, 6) is -1.20. The molecule has 0 spiro atoms. The number of piperidine rings is 1. The number of rotatable bonds is 11. The number of aliphatic hydroxyl groups is 1. The summed E-state index contributed by atoms with van der Waals surface area (Å²) in [4.78, 5) is 12.1. The second kappa shape index (κ2) is 12.9. The van der Waals surface area contributed by atoms with Gasteiger partial charge in [-0.3, -0.25) is 0 Å². The highest BCUT2D eigenvalue weighted by Gasteiger charge is 2.31. The number of hydrazine groups is 1. The van der Waals surface area contributed by atoms with E-state index >= 15 is 0 Å². The van der Waals surface area contributed by atoms with Crippen molar-refractivity contribution < 1.29 is 18.7 Å². The first-order valence-corrected chi connectivity index (χ1v) is 13.1. The second-order valence-corrected chi connectivity index (χ2v) is 11.7. The van der Waals surface area contributed by atoms with Crippen LogP contribution < -0.4 is 0 Å². The van der Waals surface area contributed by atoms with Gasteiger partial charge in [-0.25, -0.2) is 18.8 Å². The van der Waals surface area contributed by atoms with E-state index in [1.165, 1.54) is 25.5 Å². The third-order valence-electron chi connectivity index (χ3n) is 6.92. The minimum absolute atomic E-state index is 0.0475. The normalized spacial score (nSPS) is 18.8. The van der Waals surface area contributed by atoms with E-state index in [4.69, 9.17) is 0 Å². The van der Waals surface area contributed by atoms with E-state index in [9.17, 15) is 18.7 Å². The van der Waals surface area contributed by atoms with Crippen molar-refractivity contribution in [3.63, 3.8) is 0 Å². The van der Waals surface area contributed by atoms with Gasteiger partial charge in [-0.1, -0.05) is 51.1 Å². The maximum Gasteiger partial charge on any atom is 0.130 e. The van der Waals surface area contributed by atoms with Crippen LogP contribution in [0, 0.1) is 28.9 Å². The quantitative estimate of drug-likeness (QED) is 0.409. The predicted octanol–water partition coefficient (Wildman–Crippen LogP) is 6.03. The van der Waals surface area contributed by atoms with Gasteiger partial charge in [-0.2, -0.15) is 0 Å².